The van der Waals surface area contributed by atoms with Gasteiger partial charge < -0.3 is 5.73 Å². The molecular weight excluding hydrogens is 282 g/mol. The molecule has 0 amide bonds. The van der Waals surface area contributed by atoms with E-state index in [2.05, 4.69) is 42.5 Å². The first-order chi connectivity index (χ1) is 9.75. The minimum atomic E-state index is 0.473. The Balaban J connectivity index is 1.71. The highest BCUT2D eigenvalue weighted by Gasteiger charge is 1.99. The van der Waals surface area contributed by atoms with Crippen LogP contribution in [0, 0.1) is 0 Å². The molecule has 1 nitrogen and oxygen atoms in total. The van der Waals surface area contributed by atoms with Gasteiger partial charge in [-0.25, -0.2) is 0 Å². The van der Waals surface area contributed by atoms with Gasteiger partial charge in [-0.1, -0.05) is 60.7 Å². The molecule has 0 atom stereocenters. The summed E-state index contributed by atoms with van der Waals surface area (Å²) in [5.41, 5.74) is 9.32. The maximum atomic E-state index is 5.65. The molecule has 0 spiro atoms. The summed E-state index contributed by atoms with van der Waals surface area (Å²) in [6.45, 7) is 0. The second-order valence-corrected chi connectivity index (χ2v) is 6.25. The molecule has 20 heavy (non-hydrogen) atoms. The molecule has 0 aliphatic heterocycles. The minimum absolute atomic E-state index is 0.473. The number of hydrogen-bond donors (Lipinski definition) is 1. The van der Waals surface area contributed by atoms with Crippen molar-refractivity contribution in [3.63, 3.8) is 0 Å². The number of aryl methyl sites for hydroxylation is 1. The van der Waals surface area contributed by atoms with E-state index in [1.54, 1.807) is 0 Å². The summed E-state index contributed by atoms with van der Waals surface area (Å²) < 4.78 is 0. The molecule has 0 fully saturated rings. The lowest BCUT2D eigenvalue weighted by Crippen LogP contribution is -2.09. The van der Waals surface area contributed by atoms with E-state index in [-0.39, 0.29) is 0 Å². The van der Waals surface area contributed by atoms with Gasteiger partial charge in [0, 0.05) is 11.3 Å². The van der Waals surface area contributed by atoms with Crippen molar-refractivity contribution in [3.05, 3.63) is 71.3 Å². The quantitative estimate of drug-likeness (QED) is 0.613. The highest BCUT2D eigenvalue weighted by atomic mass is 32.2. The maximum Gasteiger partial charge on any atom is 0.103 e. The lowest BCUT2D eigenvalue weighted by Gasteiger charge is -2.05. The standard InChI is InChI=1S/C17H19NS2/c18-17(19)16-10-4-8-15(12-16)13-20-11-5-9-14-6-2-1-3-7-14/h1-4,6-8,10,12H,5,9,11,13H2,(H2,18,19). The molecule has 0 aliphatic carbocycles. The summed E-state index contributed by atoms with van der Waals surface area (Å²) >= 11 is 6.96. The molecule has 2 rings (SSSR count). The van der Waals surface area contributed by atoms with Crippen molar-refractivity contribution in [1.82, 2.24) is 0 Å². The van der Waals surface area contributed by atoms with Crippen LogP contribution >= 0.6 is 24.0 Å². The lowest BCUT2D eigenvalue weighted by molar-refractivity contribution is 0.933. The highest BCUT2D eigenvalue weighted by molar-refractivity contribution is 7.98. The number of rotatable bonds is 7. The van der Waals surface area contributed by atoms with Gasteiger partial charge >= 0.3 is 0 Å². The zero-order valence-corrected chi connectivity index (χ0v) is 13.1. The molecule has 0 aliphatic rings. The van der Waals surface area contributed by atoms with Crippen molar-refractivity contribution >= 4 is 29.0 Å². The van der Waals surface area contributed by atoms with Crippen LogP contribution in [0.25, 0.3) is 0 Å². The number of nitrogens with two attached hydrogens (primary N) is 1. The molecular formula is C17H19NS2. The fourth-order valence-electron chi connectivity index (χ4n) is 2.03. The molecule has 0 radical (unpaired) electrons. The fourth-order valence-corrected chi connectivity index (χ4v) is 3.06. The van der Waals surface area contributed by atoms with Crippen LogP contribution in [0.3, 0.4) is 0 Å². The number of thioether (sulfide) groups is 1. The minimum Gasteiger partial charge on any atom is -0.389 e. The normalized spacial score (nSPS) is 10.4. The van der Waals surface area contributed by atoms with Gasteiger partial charge in [0.1, 0.15) is 4.99 Å². The summed E-state index contributed by atoms with van der Waals surface area (Å²) in [4.78, 5) is 0.473. The van der Waals surface area contributed by atoms with Gasteiger partial charge in [-0.3, -0.25) is 0 Å². The molecule has 2 aromatic carbocycles. The van der Waals surface area contributed by atoms with Crippen LogP contribution < -0.4 is 5.73 Å². The summed E-state index contributed by atoms with van der Waals surface area (Å²) in [6.07, 6.45) is 2.37. The smallest absolute Gasteiger partial charge is 0.103 e. The number of thiocarbonyl (C=S) groups is 1. The molecule has 2 aromatic rings. The van der Waals surface area contributed by atoms with E-state index >= 15 is 0 Å². The third-order valence-electron chi connectivity index (χ3n) is 3.08. The molecule has 0 unspecified atom stereocenters. The summed E-state index contributed by atoms with van der Waals surface area (Å²) in [7, 11) is 0. The first kappa shape index (κ1) is 15.1. The predicted molar refractivity (Wildman–Crippen MR) is 93.3 cm³/mol. The van der Waals surface area contributed by atoms with Gasteiger partial charge in [0.2, 0.25) is 0 Å². The Labute approximate surface area is 130 Å². The fraction of sp³-hybridized carbons (Fsp3) is 0.235. The van der Waals surface area contributed by atoms with Crippen molar-refractivity contribution in [3.8, 4) is 0 Å². The summed E-state index contributed by atoms with van der Waals surface area (Å²) in [5, 5.41) is 0. The second kappa shape index (κ2) is 8.08. The van der Waals surface area contributed by atoms with E-state index in [1.807, 2.05) is 23.9 Å². The molecule has 0 saturated carbocycles. The van der Waals surface area contributed by atoms with Crippen LogP contribution in [0.1, 0.15) is 23.1 Å². The van der Waals surface area contributed by atoms with E-state index in [0.29, 0.717) is 4.99 Å². The molecule has 0 saturated heterocycles. The first-order valence-electron chi connectivity index (χ1n) is 6.76. The topological polar surface area (TPSA) is 26.0 Å². The SMILES string of the molecule is NC(=S)c1cccc(CSCCCc2ccccc2)c1. The van der Waals surface area contributed by atoms with Gasteiger partial charge in [-0.15, -0.1) is 0 Å². The predicted octanol–water partition coefficient (Wildman–Crippen LogP) is 4.19. The third kappa shape index (κ3) is 4.99. The van der Waals surface area contributed by atoms with Crippen LogP contribution in [-0.2, 0) is 12.2 Å². The average molecular weight is 301 g/mol. The zero-order valence-electron chi connectivity index (χ0n) is 11.4. The van der Waals surface area contributed by atoms with Crippen molar-refractivity contribution < 1.29 is 0 Å². The Morgan fingerprint density at radius 1 is 1.00 bits per heavy atom. The average Bonchev–Trinajstić information content (AvgIpc) is 2.48. The van der Waals surface area contributed by atoms with Gasteiger partial charge in [-0.05, 0) is 35.8 Å². The molecule has 0 aromatic heterocycles. The van der Waals surface area contributed by atoms with Crippen LogP contribution in [0.5, 0.6) is 0 Å². The summed E-state index contributed by atoms with van der Waals surface area (Å²) in [5.74, 6) is 2.19. The Kier molecular flexibility index (Phi) is 6.09. The van der Waals surface area contributed by atoms with Crippen LogP contribution in [0.4, 0.5) is 0 Å². The first-order valence-corrected chi connectivity index (χ1v) is 8.32. The van der Waals surface area contributed by atoms with Gasteiger partial charge in [0.25, 0.3) is 0 Å². The molecule has 104 valence electrons. The maximum absolute atomic E-state index is 5.65. The van der Waals surface area contributed by atoms with Gasteiger partial charge in [0.15, 0.2) is 0 Å². The van der Waals surface area contributed by atoms with Crippen molar-refractivity contribution in [1.29, 1.82) is 0 Å². The Bertz CT molecular complexity index is 552. The van der Waals surface area contributed by atoms with Crippen molar-refractivity contribution in [2.45, 2.75) is 18.6 Å². The summed E-state index contributed by atoms with van der Waals surface area (Å²) in [6, 6.07) is 18.9. The molecule has 0 bridgehead atoms. The largest absolute Gasteiger partial charge is 0.389 e. The Morgan fingerprint density at radius 2 is 1.75 bits per heavy atom. The van der Waals surface area contributed by atoms with E-state index in [9.17, 15) is 0 Å². The van der Waals surface area contributed by atoms with Crippen LogP contribution in [-0.4, -0.2) is 10.7 Å². The number of benzene rings is 2. The van der Waals surface area contributed by atoms with Crippen molar-refractivity contribution in [2.24, 2.45) is 5.73 Å². The van der Waals surface area contributed by atoms with Gasteiger partial charge in [-0.2, -0.15) is 11.8 Å². The lowest BCUT2D eigenvalue weighted by atomic mass is 10.1. The second-order valence-electron chi connectivity index (χ2n) is 4.71. The van der Waals surface area contributed by atoms with Crippen molar-refractivity contribution in [2.75, 3.05) is 5.75 Å². The number of hydrogen-bond acceptors (Lipinski definition) is 2. The molecule has 2 N–H and O–H groups in total. The highest BCUT2D eigenvalue weighted by Crippen LogP contribution is 2.16. The molecule has 3 heteroatoms. The van der Waals surface area contributed by atoms with Crippen LogP contribution in [0.2, 0.25) is 0 Å². The Hall–Kier alpha value is -1.32. The van der Waals surface area contributed by atoms with E-state index in [4.69, 9.17) is 18.0 Å². The zero-order chi connectivity index (χ0) is 14.2. The van der Waals surface area contributed by atoms with Gasteiger partial charge in [0.05, 0.1) is 0 Å². The third-order valence-corrected chi connectivity index (χ3v) is 4.43. The van der Waals surface area contributed by atoms with E-state index in [0.717, 1.165) is 17.7 Å². The van der Waals surface area contributed by atoms with Crippen LogP contribution in [0.15, 0.2) is 54.6 Å². The van der Waals surface area contributed by atoms with E-state index in [1.165, 1.54) is 23.3 Å². The Morgan fingerprint density at radius 3 is 2.50 bits per heavy atom. The molecule has 0 heterocycles. The monoisotopic (exact) mass is 301 g/mol. The van der Waals surface area contributed by atoms with E-state index < -0.39 is 0 Å².